The second-order valence-electron chi connectivity index (χ2n) is 7.21. The van der Waals surface area contributed by atoms with E-state index in [9.17, 15) is 4.79 Å². The monoisotopic (exact) mass is 425 g/mol. The summed E-state index contributed by atoms with van der Waals surface area (Å²) in [7, 11) is 3.16. The first kappa shape index (κ1) is 22.2. The van der Waals surface area contributed by atoms with Gasteiger partial charge in [0.25, 0.3) is 0 Å². The molecule has 0 unspecified atom stereocenters. The van der Waals surface area contributed by atoms with Crippen LogP contribution >= 0.6 is 0 Å². The van der Waals surface area contributed by atoms with Crippen LogP contribution in [-0.4, -0.2) is 25.3 Å². The van der Waals surface area contributed by atoms with E-state index in [1.165, 1.54) is 0 Å². The Hall–Kier alpha value is -3.48. The lowest BCUT2D eigenvalue weighted by molar-refractivity contribution is -0.144. The molecule has 3 rings (SSSR count). The van der Waals surface area contributed by atoms with Gasteiger partial charge in [-0.25, -0.2) is 0 Å². The highest BCUT2D eigenvalue weighted by Crippen LogP contribution is 2.30. The highest BCUT2D eigenvalue weighted by atomic mass is 16.5. The van der Waals surface area contributed by atoms with Crippen molar-refractivity contribution >= 4 is 5.97 Å². The van der Waals surface area contributed by atoms with Crippen LogP contribution in [0, 0.1) is 20.8 Å². The van der Waals surface area contributed by atoms with Crippen molar-refractivity contribution < 1.29 is 28.3 Å². The van der Waals surface area contributed by atoms with Crippen molar-refractivity contribution in [2.75, 3.05) is 14.2 Å². The standard InChI is InChI=1S/C24H27NO6/c1-15-10-22(27-4)23(28-5)12-19(15)13-30-24(26)11-18-6-8-20(9-7-18)29-14-21-16(2)25-31-17(21)3/h6-10,12H,11,13-14H2,1-5H3. The molecule has 0 aliphatic carbocycles. The van der Waals surface area contributed by atoms with Crippen molar-refractivity contribution in [3.63, 3.8) is 0 Å². The van der Waals surface area contributed by atoms with E-state index in [1.807, 2.05) is 57.2 Å². The second-order valence-corrected chi connectivity index (χ2v) is 7.21. The molecule has 0 bridgehead atoms. The molecule has 1 aromatic heterocycles. The largest absolute Gasteiger partial charge is 0.493 e. The molecule has 0 amide bonds. The highest BCUT2D eigenvalue weighted by Gasteiger charge is 2.12. The smallest absolute Gasteiger partial charge is 0.310 e. The molecule has 2 aromatic carbocycles. The number of methoxy groups -OCH3 is 2. The molecular weight excluding hydrogens is 398 g/mol. The summed E-state index contributed by atoms with van der Waals surface area (Å²) in [6, 6.07) is 11.1. The lowest BCUT2D eigenvalue weighted by Gasteiger charge is -2.13. The molecule has 0 saturated carbocycles. The number of benzene rings is 2. The Kier molecular flexibility index (Phi) is 7.18. The zero-order valence-corrected chi connectivity index (χ0v) is 18.5. The van der Waals surface area contributed by atoms with Crippen LogP contribution in [-0.2, 0) is 29.2 Å². The SMILES string of the molecule is COc1cc(C)c(COC(=O)Cc2ccc(OCc3c(C)noc3C)cc2)cc1OC. The molecular formula is C24H27NO6. The topological polar surface area (TPSA) is 80.0 Å². The summed E-state index contributed by atoms with van der Waals surface area (Å²) in [4.78, 5) is 12.3. The number of ether oxygens (including phenoxy) is 4. The van der Waals surface area contributed by atoms with E-state index >= 15 is 0 Å². The van der Waals surface area contributed by atoms with Crippen molar-refractivity contribution in [3.8, 4) is 17.2 Å². The first-order valence-corrected chi connectivity index (χ1v) is 9.92. The molecule has 7 heteroatoms. The van der Waals surface area contributed by atoms with Gasteiger partial charge in [-0.05, 0) is 61.7 Å². The van der Waals surface area contributed by atoms with Crippen molar-refractivity contribution in [2.24, 2.45) is 0 Å². The Morgan fingerprint density at radius 2 is 1.65 bits per heavy atom. The fourth-order valence-electron chi connectivity index (χ4n) is 3.12. The van der Waals surface area contributed by atoms with Gasteiger partial charge in [0.05, 0.1) is 31.9 Å². The van der Waals surface area contributed by atoms with Crippen LogP contribution in [0.15, 0.2) is 40.9 Å². The lowest BCUT2D eigenvalue weighted by atomic mass is 10.1. The Balaban J connectivity index is 1.53. The second kappa shape index (κ2) is 10.0. The number of carbonyl (C=O) groups excluding carboxylic acids is 1. The third kappa shape index (κ3) is 5.57. The molecule has 164 valence electrons. The van der Waals surface area contributed by atoms with E-state index in [1.54, 1.807) is 14.2 Å². The zero-order chi connectivity index (χ0) is 22.4. The molecule has 0 atom stereocenters. The van der Waals surface area contributed by atoms with Crippen molar-refractivity contribution in [1.29, 1.82) is 0 Å². The summed E-state index contributed by atoms with van der Waals surface area (Å²) in [5, 5.41) is 3.92. The summed E-state index contributed by atoms with van der Waals surface area (Å²) in [5.74, 6) is 2.40. The van der Waals surface area contributed by atoms with Crippen molar-refractivity contribution in [1.82, 2.24) is 5.16 Å². The van der Waals surface area contributed by atoms with Crippen LogP contribution < -0.4 is 14.2 Å². The molecule has 0 fully saturated rings. The fourth-order valence-corrected chi connectivity index (χ4v) is 3.12. The van der Waals surface area contributed by atoms with Gasteiger partial charge in [0.2, 0.25) is 0 Å². The van der Waals surface area contributed by atoms with Gasteiger partial charge in [-0.1, -0.05) is 17.3 Å². The fraction of sp³-hybridized carbons (Fsp3) is 0.333. The Morgan fingerprint density at radius 3 is 2.26 bits per heavy atom. The van der Waals surface area contributed by atoms with E-state index in [-0.39, 0.29) is 19.0 Å². The van der Waals surface area contributed by atoms with Crippen LogP contribution in [0.5, 0.6) is 17.2 Å². The summed E-state index contributed by atoms with van der Waals surface area (Å²) >= 11 is 0. The third-order valence-electron chi connectivity index (χ3n) is 5.07. The van der Waals surface area contributed by atoms with Gasteiger partial charge in [0.1, 0.15) is 24.7 Å². The van der Waals surface area contributed by atoms with E-state index in [4.69, 9.17) is 23.5 Å². The molecule has 7 nitrogen and oxygen atoms in total. The lowest BCUT2D eigenvalue weighted by Crippen LogP contribution is -2.09. The van der Waals surface area contributed by atoms with Crippen molar-refractivity contribution in [3.05, 3.63) is 70.1 Å². The normalized spacial score (nSPS) is 10.6. The van der Waals surface area contributed by atoms with E-state index in [0.717, 1.165) is 33.7 Å². The van der Waals surface area contributed by atoms with Crippen LogP contribution in [0.1, 0.15) is 33.7 Å². The van der Waals surface area contributed by atoms with Crippen LogP contribution in [0.2, 0.25) is 0 Å². The average Bonchev–Trinajstić information content (AvgIpc) is 3.09. The van der Waals surface area contributed by atoms with Gasteiger partial charge in [0, 0.05) is 0 Å². The summed E-state index contributed by atoms with van der Waals surface area (Å²) in [5.41, 5.74) is 4.44. The number of carbonyl (C=O) groups is 1. The Morgan fingerprint density at radius 1 is 0.968 bits per heavy atom. The predicted molar refractivity (Wildman–Crippen MR) is 115 cm³/mol. The zero-order valence-electron chi connectivity index (χ0n) is 18.5. The Labute approximate surface area is 181 Å². The summed E-state index contributed by atoms with van der Waals surface area (Å²) in [6.07, 6.45) is 0.177. The summed E-state index contributed by atoms with van der Waals surface area (Å²) in [6.45, 7) is 6.23. The molecule has 0 radical (unpaired) electrons. The molecule has 1 heterocycles. The third-order valence-corrected chi connectivity index (χ3v) is 5.07. The first-order chi connectivity index (χ1) is 14.9. The minimum absolute atomic E-state index is 0.170. The van der Waals surface area contributed by atoms with Gasteiger partial charge in [-0.2, -0.15) is 0 Å². The quantitative estimate of drug-likeness (QED) is 0.468. The van der Waals surface area contributed by atoms with Crippen LogP contribution in [0.4, 0.5) is 0 Å². The summed E-state index contributed by atoms with van der Waals surface area (Å²) < 4.78 is 27.0. The van der Waals surface area contributed by atoms with Gasteiger partial charge < -0.3 is 23.5 Å². The number of hydrogen-bond acceptors (Lipinski definition) is 7. The van der Waals surface area contributed by atoms with E-state index in [2.05, 4.69) is 5.16 Å². The highest BCUT2D eigenvalue weighted by molar-refractivity contribution is 5.72. The van der Waals surface area contributed by atoms with Gasteiger partial charge in [-0.3, -0.25) is 4.79 Å². The maximum atomic E-state index is 12.3. The van der Waals surface area contributed by atoms with Gasteiger partial charge >= 0.3 is 5.97 Å². The van der Waals surface area contributed by atoms with E-state index in [0.29, 0.717) is 23.9 Å². The number of aromatic nitrogens is 1. The average molecular weight is 425 g/mol. The predicted octanol–water partition coefficient (Wildman–Crippen LogP) is 4.48. The maximum absolute atomic E-state index is 12.3. The van der Waals surface area contributed by atoms with Gasteiger partial charge in [0.15, 0.2) is 11.5 Å². The Bertz CT molecular complexity index is 1020. The molecule has 0 saturated heterocycles. The number of nitrogens with zero attached hydrogens (tertiary/aromatic N) is 1. The first-order valence-electron chi connectivity index (χ1n) is 9.92. The molecule has 0 spiro atoms. The van der Waals surface area contributed by atoms with E-state index < -0.39 is 0 Å². The number of esters is 1. The maximum Gasteiger partial charge on any atom is 0.310 e. The van der Waals surface area contributed by atoms with Gasteiger partial charge in [-0.15, -0.1) is 0 Å². The van der Waals surface area contributed by atoms with Crippen molar-refractivity contribution in [2.45, 2.75) is 40.4 Å². The molecule has 3 aromatic rings. The molecule has 31 heavy (non-hydrogen) atoms. The van der Waals surface area contributed by atoms with Crippen LogP contribution in [0.3, 0.4) is 0 Å². The number of aryl methyl sites for hydroxylation is 3. The minimum Gasteiger partial charge on any atom is -0.493 e. The van der Waals surface area contributed by atoms with Crippen LogP contribution in [0.25, 0.3) is 0 Å². The molecule has 0 aliphatic rings. The minimum atomic E-state index is -0.307. The number of rotatable bonds is 9. The number of hydrogen-bond donors (Lipinski definition) is 0. The molecule has 0 N–H and O–H groups in total. The molecule has 0 aliphatic heterocycles.